The van der Waals surface area contributed by atoms with E-state index in [1.54, 1.807) is 6.33 Å². The van der Waals surface area contributed by atoms with E-state index in [0.29, 0.717) is 12.2 Å². The van der Waals surface area contributed by atoms with E-state index in [4.69, 9.17) is 4.98 Å². The molecule has 3 heterocycles. The number of anilines is 2. The first-order valence-corrected chi connectivity index (χ1v) is 13.3. The van der Waals surface area contributed by atoms with Crippen molar-refractivity contribution >= 4 is 22.9 Å². The molecule has 1 aromatic carbocycles. The Bertz CT molecular complexity index is 1040. The van der Waals surface area contributed by atoms with Crippen molar-refractivity contribution < 1.29 is 0 Å². The SMILES string of the molecule is c1nc2nc(N3CCNCC3)nc(NCc3ccc(CNCCCNC4CCCCC4)cc3)c2[nH]1. The van der Waals surface area contributed by atoms with E-state index in [9.17, 15) is 0 Å². The van der Waals surface area contributed by atoms with Gasteiger partial charge in [0.15, 0.2) is 11.5 Å². The largest absolute Gasteiger partial charge is 0.364 e. The molecule has 2 aromatic heterocycles. The highest BCUT2D eigenvalue weighted by Crippen LogP contribution is 2.22. The Labute approximate surface area is 207 Å². The van der Waals surface area contributed by atoms with Gasteiger partial charge in [-0.05, 0) is 43.5 Å². The van der Waals surface area contributed by atoms with Gasteiger partial charge in [-0.25, -0.2) is 4.98 Å². The molecule has 35 heavy (non-hydrogen) atoms. The zero-order valence-corrected chi connectivity index (χ0v) is 20.7. The van der Waals surface area contributed by atoms with Crippen molar-refractivity contribution in [2.45, 2.75) is 57.7 Å². The summed E-state index contributed by atoms with van der Waals surface area (Å²) in [4.78, 5) is 19.2. The van der Waals surface area contributed by atoms with Gasteiger partial charge in [0.05, 0.1) is 6.33 Å². The molecule has 0 spiro atoms. The lowest BCUT2D eigenvalue weighted by Gasteiger charge is -2.27. The fraction of sp³-hybridized carbons (Fsp3) is 0.577. The summed E-state index contributed by atoms with van der Waals surface area (Å²) in [5.74, 6) is 1.54. The van der Waals surface area contributed by atoms with Crippen LogP contribution in [0.2, 0.25) is 0 Å². The van der Waals surface area contributed by atoms with Crippen LogP contribution >= 0.6 is 0 Å². The third-order valence-corrected chi connectivity index (χ3v) is 7.05. The van der Waals surface area contributed by atoms with Gasteiger partial charge in [0.2, 0.25) is 5.95 Å². The third kappa shape index (κ3) is 6.68. The van der Waals surface area contributed by atoms with Gasteiger partial charge >= 0.3 is 0 Å². The quantitative estimate of drug-likeness (QED) is 0.269. The standard InChI is InChI=1S/C26H39N9/c1-2-5-22(6-3-1)29-12-4-11-28-17-20-7-9-21(10-8-20)18-30-24-23-25(32-19-31-23)34-26(33-24)35-15-13-27-14-16-35/h7-10,19,22,27-29H,1-6,11-18H2,(H2,30,31,32,33,34). The molecule has 188 valence electrons. The van der Waals surface area contributed by atoms with Crippen molar-refractivity contribution in [3.05, 3.63) is 41.7 Å². The zero-order chi connectivity index (χ0) is 23.7. The molecule has 1 aliphatic carbocycles. The summed E-state index contributed by atoms with van der Waals surface area (Å²) in [5.41, 5.74) is 4.09. The molecule has 3 aromatic rings. The molecule has 1 aliphatic heterocycles. The Hall–Kier alpha value is -2.75. The van der Waals surface area contributed by atoms with E-state index in [2.05, 4.69) is 65.4 Å². The summed E-state index contributed by atoms with van der Waals surface area (Å²) >= 11 is 0. The molecule has 2 aliphatic rings. The predicted molar refractivity (Wildman–Crippen MR) is 142 cm³/mol. The molecular weight excluding hydrogens is 438 g/mol. The lowest BCUT2D eigenvalue weighted by atomic mass is 9.95. The molecule has 0 radical (unpaired) electrons. The lowest BCUT2D eigenvalue weighted by Crippen LogP contribution is -2.44. The van der Waals surface area contributed by atoms with Crippen LogP contribution in [0.25, 0.3) is 11.2 Å². The molecule has 2 fully saturated rings. The Morgan fingerprint density at radius 1 is 0.914 bits per heavy atom. The molecule has 9 nitrogen and oxygen atoms in total. The average molecular weight is 478 g/mol. The molecular formula is C26H39N9. The van der Waals surface area contributed by atoms with Gasteiger partial charge < -0.3 is 31.2 Å². The number of H-pyrrole nitrogens is 1. The van der Waals surface area contributed by atoms with Crippen LogP contribution in [0.4, 0.5) is 11.8 Å². The van der Waals surface area contributed by atoms with Crippen molar-refractivity contribution in [3.63, 3.8) is 0 Å². The number of fused-ring (bicyclic) bond motifs is 1. The highest BCUT2D eigenvalue weighted by Gasteiger charge is 2.17. The number of imidazole rings is 1. The second kappa shape index (κ2) is 12.3. The first kappa shape index (κ1) is 24.0. The molecule has 5 N–H and O–H groups in total. The lowest BCUT2D eigenvalue weighted by molar-refractivity contribution is 0.371. The first-order chi connectivity index (χ1) is 17.3. The number of hydrogen-bond acceptors (Lipinski definition) is 8. The van der Waals surface area contributed by atoms with Crippen LogP contribution in [0.3, 0.4) is 0 Å². The summed E-state index contributed by atoms with van der Waals surface area (Å²) in [6.07, 6.45) is 9.78. The maximum absolute atomic E-state index is 4.81. The highest BCUT2D eigenvalue weighted by molar-refractivity contribution is 5.83. The first-order valence-electron chi connectivity index (χ1n) is 13.3. The zero-order valence-electron chi connectivity index (χ0n) is 20.7. The van der Waals surface area contributed by atoms with Crippen LogP contribution in [0.1, 0.15) is 49.7 Å². The number of aromatic amines is 1. The van der Waals surface area contributed by atoms with Crippen LogP contribution in [0, 0.1) is 0 Å². The van der Waals surface area contributed by atoms with Gasteiger partial charge in [-0.1, -0.05) is 43.5 Å². The highest BCUT2D eigenvalue weighted by atomic mass is 15.3. The van der Waals surface area contributed by atoms with Crippen LogP contribution < -0.4 is 26.2 Å². The molecule has 9 heteroatoms. The van der Waals surface area contributed by atoms with Crippen LogP contribution in [0.15, 0.2) is 30.6 Å². The minimum Gasteiger partial charge on any atom is -0.364 e. The molecule has 0 atom stereocenters. The summed E-state index contributed by atoms with van der Waals surface area (Å²) in [7, 11) is 0. The number of nitrogens with zero attached hydrogens (tertiary/aromatic N) is 4. The monoisotopic (exact) mass is 477 g/mol. The second-order valence-corrected chi connectivity index (χ2v) is 9.70. The van der Waals surface area contributed by atoms with Gasteiger partial charge in [-0.2, -0.15) is 9.97 Å². The van der Waals surface area contributed by atoms with Crippen molar-refractivity contribution in [1.29, 1.82) is 0 Å². The normalized spacial score (nSPS) is 17.2. The van der Waals surface area contributed by atoms with E-state index in [0.717, 1.165) is 69.1 Å². The number of nitrogens with one attached hydrogen (secondary N) is 5. The van der Waals surface area contributed by atoms with Crippen molar-refractivity contribution in [3.8, 4) is 0 Å². The fourth-order valence-electron chi connectivity index (χ4n) is 4.98. The predicted octanol–water partition coefficient (Wildman–Crippen LogP) is 2.78. The summed E-state index contributed by atoms with van der Waals surface area (Å²) in [5, 5.41) is 14.2. The van der Waals surface area contributed by atoms with E-state index in [-0.39, 0.29) is 0 Å². The Morgan fingerprint density at radius 3 is 2.49 bits per heavy atom. The maximum atomic E-state index is 4.81. The van der Waals surface area contributed by atoms with E-state index in [1.807, 2.05) is 0 Å². The second-order valence-electron chi connectivity index (χ2n) is 9.70. The third-order valence-electron chi connectivity index (χ3n) is 7.05. The number of aromatic nitrogens is 4. The van der Waals surface area contributed by atoms with E-state index < -0.39 is 0 Å². The Balaban J connectivity index is 1.08. The molecule has 0 amide bonds. The Morgan fingerprint density at radius 2 is 1.69 bits per heavy atom. The summed E-state index contributed by atoms with van der Waals surface area (Å²) in [6.45, 7) is 7.48. The van der Waals surface area contributed by atoms with E-state index in [1.165, 1.54) is 49.7 Å². The van der Waals surface area contributed by atoms with Gasteiger partial charge in [0.25, 0.3) is 0 Å². The topological polar surface area (TPSA) is 106 Å². The molecule has 1 saturated carbocycles. The number of piperazine rings is 1. The molecule has 5 rings (SSSR count). The number of rotatable bonds is 11. The number of benzene rings is 1. The van der Waals surface area contributed by atoms with Crippen LogP contribution in [-0.4, -0.2) is 65.2 Å². The van der Waals surface area contributed by atoms with Crippen LogP contribution in [-0.2, 0) is 13.1 Å². The van der Waals surface area contributed by atoms with Crippen molar-refractivity contribution in [1.82, 2.24) is 35.9 Å². The van der Waals surface area contributed by atoms with Crippen molar-refractivity contribution in [2.24, 2.45) is 0 Å². The summed E-state index contributed by atoms with van der Waals surface area (Å²) < 4.78 is 0. The molecule has 1 saturated heterocycles. The average Bonchev–Trinajstić information content (AvgIpc) is 3.40. The van der Waals surface area contributed by atoms with Gasteiger partial charge in [-0.15, -0.1) is 0 Å². The smallest absolute Gasteiger partial charge is 0.229 e. The van der Waals surface area contributed by atoms with Crippen molar-refractivity contribution in [2.75, 3.05) is 49.5 Å². The molecule has 0 bridgehead atoms. The minimum atomic E-state index is 0.700. The van der Waals surface area contributed by atoms with Crippen LogP contribution in [0.5, 0.6) is 0 Å². The van der Waals surface area contributed by atoms with Gasteiger partial charge in [0.1, 0.15) is 5.52 Å². The van der Waals surface area contributed by atoms with Gasteiger partial charge in [0, 0.05) is 45.3 Å². The van der Waals surface area contributed by atoms with E-state index >= 15 is 0 Å². The summed E-state index contributed by atoms with van der Waals surface area (Å²) in [6, 6.07) is 9.56. The number of hydrogen-bond donors (Lipinski definition) is 5. The fourth-order valence-corrected chi connectivity index (χ4v) is 4.98. The maximum Gasteiger partial charge on any atom is 0.229 e. The molecule has 0 unspecified atom stereocenters. The van der Waals surface area contributed by atoms with Gasteiger partial charge in [-0.3, -0.25) is 0 Å². The Kier molecular flexibility index (Phi) is 8.41. The minimum absolute atomic E-state index is 0.700.